The molecule has 1 aliphatic rings. The van der Waals surface area contributed by atoms with Gasteiger partial charge in [0, 0.05) is 6.20 Å². The van der Waals surface area contributed by atoms with Crippen LogP contribution in [0.3, 0.4) is 0 Å². The van der Waals surface area contributed by atoms with Crippen LogP contribution in [0.1, 0.15) is 34.1 Å². The van der Waals surface area contributed by atoms with Crippen molar-refractivity contribution < 1.29 is 23.1 Å². The maximum absolute atomic E-state index is 14.6. The SMILES string of the molecule is C=C(F)c1c(C(=O)O)nc(C2CC=c3cc[nH]c3=C2F)c(F)c1N. The van der Waals surface area contributed by atoms with Crippen molar-refractivity contribution in [2.24, 2.45) is 0 Å². The summed E-state index contributed by atoms with van der Waals surface area (Å²) in [7, 11) is 0. The van der Waals surface area contributed by atoms with Gasteiger partial charge in [-0.05, 0) is 17.7 Å². The molecule has 3 rings (SSSR count). The molecule has 124 valence electrons. The molecule has 0 spiro atoms. The molecule has 0 amide bonds. The fourth-order valence-electron chi connectivity index (χ4n) is 2.77. The first-order valence-electron chi connectivity index (χ1n) is 6.93. The Bertz CT molecular complexity index is 995. The molecule has 0 fully saturated rings. The van der Waals surface area contributed by atoms with Crippen molar-refractivity contribution in [3.8, 4) is 0 Å². The summed E-state index contributed by atoms with van der Waals surface area (Å²) in [6.45, 7) is 2.94. The number of nitrogens with two attached hydrogens (primary N) is 1. The number of carbonyl (C=O) groups is 1. The van der Waals surface area contributed by atoms with Gasteiger partial charge in [0.25, 0.3) is 0 Å². The number of nitrogens with one attached hydrogen (secondary N) is 1. The lowest BCUT2D eigenvalue weighted by Gasteiger charge is -2.19. The molecule has 0 aromatic carbocycles. The highest BCUT2D eigenvalue weighted by Crippen LogP contribution is 2.36. The standard InChI is InChI=1S/C16H12F3N3O2/c1-6(17)9-12(20)11(19)14(22-15(9)16(23)24)8-3-2-7-4-5-21-13(7)10(8)18/h2,4-5,8,21H,1,3H2,(H2,20,22)(H,23,24). The number of carboxylic acids is 1. The Balaban J connectivity index is 2.27. The third-order valence-corrected chi connectivity index (χ3v) is 3.90. The van der Waals surface area contributed by atoms with Crippen LogP contribution in [-0.4, -0.2) is 21.0 Å². The number of fused-ring (bicyclic) bond motifs is 1. The van der Waals surface area contributed by atoms with Crippen LogP contribution in [0.25, 0.3) is 17.7 Å². The Kier molecular flexibility index (Phi) is 3.67. The van der Waals surface area contributed by atoms with Gasteiger partial charge >= 0.3 is 5.97 Å². The quantitative estimate of drug-likeness (QED) is 0.798. The van der Waals surface area contributed by atoms with Gasteiger partial charge in [-0.2, -0.15) is 0 Å². The maximum Gasteiger partial charge on any atom is 0.355 e. The van der Waals surface area contributed by atoms with Crippen LogP contribution in [0.2, 0.25) is 0 Å². The minimum Gasteiger partial charge on any atom is -0.476 e. The normalized spacial score (nSPS) is 16.5. The number of anilines is 1. The molecule has 2 heterocycles. The predicted octanol–water partition coefficient (Wildman–Crippen LogP) is 1.82. The molecule has 1 aliphatic carbocycles. The fourth-order valence-corrected chi connectivity index (χ4v) is 2.77. The minimum atomic E-state index is -1.61. The highest BCUT2D eigenvalue weighted by molar-refractivity contribution is 5.94. The van der Waals surface area contributed by atoms with E-state index < -0.39 is 52.0 Å². The molecule has 0 radical (unpaired) electrons. The lowest BCUT2D eigenvalue weighted by atomic mass is 9.93. The van der Waals surface area contributed by atoms with Crippen LogP contribution >= 0.6 is 0 Å². The molecule has 2 aromatic rings. The Morgan fingerprint density at radius 3 is 2.79 bits per heavy atom. The van der Waals surface area contributed by atoms with Crippen molar-refractivity contribution in [1.29, 1.82) is 0 Å². The van der Waals surface area contributed by atoms with Crippen molar-refractivity contribution in [1.82, 2.24) is 9.97 Å². The van der Waals surface area contributed by atoms with E-state index in [1.54, 1.807) is 12.1 Å². The topological polar surface area (TPSA) is 92.0 Å². The van der Waals surface area contributed by atoms with Crippen molar-refractivity contribution in [2.45, 2.75) is 12.3 Å². The summed E-state index contributed by atoms with van der Waals surface area (Å²) in [5.41, 5.74) is 2.75. The second-order valence-corrected chi connectivity index (χ2v) is 5.31. The summed E-state index contributed by atoms with van der Waals surface area (Å²) in [5.74, 6) is -5.84. The number of aromatic nitrogens is 2. The molecule has 4 N–H and O–H groups in total. The monoisotopic (exact) mass is 335 g/mol. The molecule has 5 nitrogen and oxygen atoms in total. The van der Waals surface area contributed by atoms with Crippen LogP contribution in [0.5, 0.6) is 0 Å². The molecule has 0 aliphatic heterocycles. The molecule has 8 heteroatoms. The summed E-state index contributed by atoms with van der Waals surface area (Å²) in [6, 6.07) is 1.65. The van der Waals surface area contributed by atoms with Crippen molar-refractivity contribution in [3.05, 3.63) is 52.2 Å². The first-order valence-corrected chi connectivity index (χ1v) is 6.93. The average Bonchev–Trinajstić information content (AvgIpc) is 2.99. The van der Waals surface area contributed by atoms with Gasteiger partial charge in [-0.25, -0.2) is 22.9 Å². The zero-order chi connectivity index (χ0) is 17.6. The molecule has 0 saturated carbocycles. The zero-order valence-corrected chi connectivity index (χ0v) is 12.2. The number of nitrogens with zero attached hydrogens (tertiary/aromatic N) is 1. The van der Waals surface area contributed by atoms with Gasteiger partial charge in [0.05, 0.1) is 28.2 Å². The third-order valence-electron chi connectivity index (χ3n) is 3.90. The summed E-state index contributed by atoms with van der Waals surface area (Å²) in [4.78, 5) is 17.6. The molecule has 0 bridgehead atoms. The number of halogens is 3. The highest BCUT2D eigenvalue weighted by atomic mass is 19.1. The summed E-state index contributed by atoms with van der Waals surface area (Å²) >= 11 is 0. The van der Waals surface area contributed by atoms with Crippen LogP contribution in [-0.2, 0) is 0 Å². The lowest BCUT2D eigenvalue weighted by Crippen LogP contribution is -2.30. The van der Waals surface area contributed by atoms with E-state index in [1.165, 1.54) is 6.20 Å². The summed E-state index contributed by atoms with van der Waals surface area (Å²) in [6.07, 6.45) is 3.26. The van der Waals surface area contributed by atoms with Crippen LogP contribution in [0, 0.1) is 5.82 Å². The molecule has 24 heavy (non-hydrogen) atoms. The Morgan fingerprint density at radius 1 is 1.46 bits per heavy atom. The van der Waals surface area contributed by atoms with Gasteiger partial charge in [-0.15, -0.1) is 0 Å². The lowest BCUT2D eigenvalue weighted by molar-refractivity contribution is 0.0689. The summed E-state index contributed by atoms with van der Waals surface area (Å²) < 4.78 is 42.6. The van der Waals surface area contributed by atoms with Gasteiger partial charge in [0.2, 0.25) is 0 Å². The smallest absolute Gasteiger partial charge is 0.355 e. The minimum absolute atomic E-state index is 0.0645. The zero-order valence-electron chi connectivity index (χ0n) is 12.2. The van der Waals surface area contributed by atoms with Crippen molar-refractivity contribution in [2.75, 3.05) is 5.73 Å². The second-order valence-electron chi connectivity index (χ2n) is 5.31. The second kappa shape index (κ2) is 5.55. The van der Waals surface area contributed by atoms with Gasteiger partial charge in [0.1, 0.15) is 11.7 Å². The predicted molar refractivity (Wildman–Crippen MR) is 82.1 cm³/mol. The number of rotatable bonds is 3. The van der Waals surface area contributed by atoms with Gasteiger partial charge in [-0.3, -0.25) is 0 Å². The molecular formula is C16H12F3N3O2. The average molecular weight is 335 g/mol. The number of pyridine rings is 1. The molecule has 2 aromatic heterocycles. The first-order chi connectivity index (χ1) is 11.3. The maximum atomic E-state index is 14.6. The van der Waals surface area contributed by atoms with Crippen LogP contribution in [0.15, 0.2) is 18.8 Å². The van der Waals surface area contributed by atoms with E-state index in [9.17, 15) is 23.1 Å². The Hall–Kier alpha value is -3.03. The molecule has 1 atom stereocenters. The van der Waals surface area contributed by atoms with Gasteiger partial charge in [-0.1, -0.05) is 12.7 Å². The largest absolute Gasteiger partial charge is 0.476 e. The van der Waals surface area contributed by atoms with E-state index >= 15 is 0 Å². The van der Waals surface area contributed by atoms with Gasteiger partial charge < -0.3 is 15.8 Å². The van der Waals surface area contributed by atoms with Gasteiger partial charge in [0.15, 0.2) is 11.5 Å². The van der Waals surface area contributed by atoms with Crippen molar-refractivity contribution >= 4 is 29.4 Å². The van der Waals surface area contributed by atoms with E-state index in [0.29, 0.717) is 5.22 Å². The number of aromatic carboxylic acids is 1. The van der Waals surface area contributed by atoms with Crippen LogP contribution < -0.4 is 16.3 Å². The Labute approximate surface area is 133 Å². The fraction of sp³-hybridized carbons (Fsp3) is 0.125. The number of aromatic amines is 1. The number of hydrogen-bond acceptors (Lipinski definition) is 3. The van der Waals surface area contributed by atoms with E-state index in [2.05, 4.69) is 16.5 Å². The van der Waals surface area contributed by atoms with Crippen LogP contribution in [0.4, 0.5) is 18.9 Å². The number of nitrogen functional groups attached to an aromatic ring is 1. The molecular weight excluding hydrogens is 323 g/mol. The van der Waals surface area contributed by atoms with E-state index in [-0.39, 0.29) is 11.8 Å². The number of H-pyrrole nitrogens is 1. The number of carboxylic acid groups (broad SMARTS) is 1. The number of hydrogen-bond donors (Lipinski definition) is 3. The third kappa shape index (κ3) is 2.27. The highest BCUT2D eigenvalue weighted by Gasteiger charge is 2.31. The summed E-state index contributed by atoms with van der Waals surface area (Å²) in [5, 5.41) is 9.96. The molecule has 1 unspecified atom stereocenters. The Morgan fingerprint density at radius 2 is 2.17 bits per heavy atom. The molecule has 0 saturated heterocycles. The first kappa shape index (κ1) is 15.9. The van der Waals surface area contributed by atoms with E-state index in [1.807, 2.05) is 0 Å². The van der Waals surface area contributed by atoms with E-state index in [0.717, 1.165) is 0 Å². The van der Waals surface area contributed by atoms with E-state index in [4.69, 9.17) is 5.73 Å². The van der Waals surface area contributed by atoms with Crippen molar-refractivity contribution in [3.63, 3.8) is 0 Å².